The number of nitrogens with one attached hydrogen (secondary N) is 1. The van der Waals surface area contributed by atoms with Crippen molar-refractivity contribution >= 4 is 44.7 Å². The Labute approximate surface area is 182 Å². The van der Waals surface area contributed by atoms with Crippen LogP contribution >= 0.6 is 38.5 Å². The van der Waals surface area contributed by atoms with Crippen molar-refractivity contribution in [3.8, 4) is 5.75 Å². The van der Waals surface area contributed by atoms with Crippen LogP contribution < -0.4 is 10.2 Å². The van der Waals surface area contributed by atoms with Gasteiger partial charge in [0, 0.05) is 3.57 Å². The topological polar surface area (TPSA) is 33.6 Å². The molecule has 0 radical (unpaired) electrons. The van der Waals surface area contributed by atoms with Crippen LogP contribution in [0.15, 0.2) is 52.0 Å². The number of hydrogen-bond donors (Lipinski definition) is 1. The average molecular weight is 599 g/mol. The molecule has 0 saturated carbocycles. The molecule has 3 nitrogen and oxygen atoms in total. The number of hydrogen-bond acceptors (Lipinski definition) is 3. The average Bonchev–Trinajstić information content (AvgIpc) is 2.61. The lowest BCUT2D eigenvalue weighted by molar-refractivity contribution is -0.361. The van der Waals surface area contributed by atoms with Crippen LogP contribution in [-0.4, -0.2) is 24.4 Å². The SMILES string of the molecule is FC(F)(F)C(F)(F)C(F)(F)N/N=C/c1ccc(OCc2ccc(I)cc2)c(Br)c1. The van der Waals surface area contributed by atoms with Gasteiger partial charge >= 0.3 is 18.1 Å². The van der Waals surface area contributed by atoms with Crippen molar-refractivity contribution in [2.45, 2.75) is 24.8 Å². The van der Waals surface area contributed by atoms with Crippen molar-refractivity contribution in [3.05, 3.63) is 61.6 Å². The Morgan fingerprint density at radius 2 is 1.62 bits per heavy atom. The van der Waals surface area contributed by atoms with Gasteiger partial charge in [0.25, 0.3) is 0 Å². The largest absolute Gasteiger partial charge is 0.488 e. The van der Waals surface area contributed by atoms with Gasteiger partial charge in [0.2, 0.25) is 0 Å². The quantitative estimate of drug-likeness (QED) is 0.133. The van der Waals surface area contributed by atoms with E-state index in [1.165, 1.54) is 18.2 Å². The summed E-state index contributed by atoms with van der Waals surface area (Å²) in [4.78, 5) is 0. The number of rotatable bonds is 7. The monoisotopic (exact) mass is 598 g/mol. The number of ether oxygens (including phenoxy) is 1. The van der Waals surface area contributed by atoms with E-state index in [0.717, 1.165) is 9.13 Å². The molecule has 2 aromatic rings. The highest BCUT2D eigenvalue weighted by Gasteiger charge is 2.73. The van der Waals surface area contributed by atoms with Gasteiger partial charge in [0.1, 0.15) is 12.4 Å². The first-order valence-corrected chi connectivity index (χ1v) is 9.50. The molecule has 0 heterocycles. The van der Waals surface area contributed by atoms with Crippen molar-refractivity contribution < 1.29 is 35.5 Å². The van der Waals surface area contributed by atoms with Crippen LogP contribution in [0, 0.1) is 3.57 Å². The van der Waals surface area contributed by atoms with E-state index in [2.05, 4.69) is 43.6 Å². The van der Waals surface area contributed by atoms with Gasteiger partial charge in [0.05, 0.1) is 10.7 Å². The molecular weight excluding hydrogens is 588 g/mol. The van der Waals surface area contributed by atoms with E-state index in [-0.39, 0.29) is 12.2 Å². The van der Waals surface area contributed by atoms with Gasteiger partial charge in [0.15, 0.2) is 0 Å². The standard InChI is InChI=1S/C17H11BrF7IN2O/c18-13-7-11(8-27-28-17(24,25)15(19,20)16(21,22)23)3-6-14(13)29-9-10-1-4-12(26)5-2-10/h1-8,28H,9H2/b27-8+. The Kier molecular flexibility index (Phi) is 7.41. The number of benzene rings is 2. The number of hydrazone groups is 1. The van der Waals surface area contributed by atoms with E-state index >= 15 is 0 Å². The molecule has 29 heavy (non-hydrogen) atoms. The van der Waals surface area contributed by atoms with E-state index in [1.54, 1.807) is 0 Å². The Hall–Kier alpha value is -1.57. The first kappa shape index (κ1) is 23.7. The van der Waals surface area contributed by atoms with E-state index in [4.69, 9.17) is 4.74 Å². The second-order valence-electron chi connectivity index (χ2n) is 5.62. The minimum Gasteiger partial charge on any atom is -0.488 e. The van der Waals surface area contributed by atoms with E-state index in [0.29, 0.717) is 21.9 Å². The normalized spacial score (nSPS) is 13.0. The summed E-state index contributed by atoms with van der Waals surface area (Å²) in [6.45, 7) is 0.253. The lowest BCUT2D eigenvalue weighted by Gasteiger charge is -2.27. The molecule has 0 spiro atoms. The molecule has 0 aromatic heterocycles. The van der Waals surface area contributed by atoms with E-state index < -0.39 is 18.1 Å². The molecule has 1 N–H and O–H groups in total. The zero-order chi connectivity index (χ0) is 21.9. The molecule has 158 valence electrons. The van der Waals surface area contributed by atoms with Crippen LogP contribution in [0.5, 0.6) is 5.75 Å². The van der Waals surface area contributed by atoms with Crippen LogP contribution in [-0.2, 0) is 6.61 Å². The Bertz CT molecular complexity index is 873. The van der Waals surface area contributed by atoms with Crippen LogP contribution in [0.25, 0.3) is 0 Å². The summed E-state index contributed by atoms with van der Waals surface area (Å²) in [6, 6.07) is 6.13. The maximum atomic E-state index is 13.1. The summed E-state index contributed by atoms with van der Waals surface area (Å²) < 4.78 is 94.9. The highest BCUT2D eigenvalue weighted by Crippen LogP contribution is 2.45. The first-order valence-electron chi connectivity index (χ1n) is 7.63. The molecule has 0 fully saturated rings. The second-order valence-corrected chi connectivity index (χ2v) is 7.72. The summed E-state index contributed by atoms with van der Waals surface area (Å²) in [5, 5.41) is 2.80. The Morgan fingerprint density at radius 1 is 1.00 bits per heavy atom. The van der Waals surface area contributed by atoms with Crippen LogP contribution in [0.3, 0.4) is 0 Å². The minimum absolute atomic E-state index is 0.150. The molecule has 0 aliphatic heterocycles. The van der Waals surface area contributed by atoms with Gasteiger partial charge in [-0.15, -0.1) is 0 Å². The molecule has 2 aromatic carbocycles. The second kappa shape index (κ2) is 9.06. The minimum atomic E-state index is -6.43. The predicted molar refractivity (Wildman–Crippen MR) is 104 cm³/mol. The molecule has 0 aliphatic rings. The lowest BCUT2D eigenvalue weighted by Crippen LogP contribution is -2.58. The third-order valence-electron chi connectivity index (χ3n) is 3.43. The highest BCUT2D eigenvalue weighted by atomic mass is 127. The van der Waals surface area contributed by atoms with Gasteiger partial charge < -0.3 is 4.74 Å². The maximum absolute atomic E-state index is 13.1. The first-order chi connectivity index (χ1) is 13.3. The predicted octanol–water partition coefficient (Wildman–Crippen LogP) is 6.35. The third-order valence-corrected chi connectivity index (χ3v) is 4.77. The van der Waals surface area contributed by atoms with Crippen molar-refractivity contribution in [2.75, 3.05) is 0 Å². The Balaban J connectivity index is 2.02. The maximum Gasteiger partial charge on any atom is 0.462 e. The molecule has 12 heteroatoms. The zero-order valence-electron chi connectivity index (χ0n) is 14.1. The molecule has 0 aliphatic carbocycles. The summed E-state index contributed by atoms with van der Waals surface area (Å²) in [5.41, 5.74) is 1.61. The van der Waals surface area contributed by atoms with Crippen molar-refractivity contribution in [2.24, 2.45) is 5.10 Å². The van der Waals surface area contributed by atoms with Gasteiger partial charge in [-0.05, 0) is 80.0 Å². The summed E-state index contributed by atoms with van der Waals surface area (Å²) in [7, 11) is 0. The van der Waals surface area contributed by atoms with Gasteiger partial charge in [-0.3, -0.25) is 0 Å². The van der Waals surface area contributed by atoms with E-state index in [1.807, 2.05) is 24.3 Å². The van der Waals surface area contributed by atoms with Crippen LogP contribution in [0.2, 0.25) is 0 Å². The molecule has 0 amide bonds. The van der Waals surface area contributed by atoms with Crippen molar-refractivity contribution in [1.82, 2.24) is 5.43 Å². The number of nitrogens with zero attached hydrogens (tertiary/aromatic N) is 1. The van der Waals surface area contributed by atoms with Crippen LogP contribution in [0.1, 0.15) is 11.1 Å². The molecule has 0 atom stereocenters. The van der Waals surface area contributed by atoms with Crippen molar-refractivity contribution in [1.29, 1.82) is 0 Å². The fourth-order valence-electron chi connectivity index (χ4n) is 1.89. The fourth-order valence-corrected chi connectivity index (χ4v) is 2.76. The smallest absolute Gasteiger partial charge is 0.462 e. The molecule has 0 unspecified atom stereocenters. The summed E-state index contributed by atoms with van der Waals surface area (Å²) in [6.07, 6.45) is -5.76. The molecular formula is C17H11BrF7IN2O. The molecule has 0 bridgehead atoms. The van der Waals surface area contributed by atoms with Crippen molar-refractivity contribution in [3.63, 3.8) is 0 Å². The van der Waals surface area contributed by atoms with Gasteiger partial charge in [-0.2, -0.15) is 35.8 Å². The number of halogens is 9. The molecule has 2 rings (SSSR count). The summed E-state index contributed by atoms with van der Waals surface area (Å²) >= 11 is 5.36. The van der Waals surface area contributed by atoms with Crippen LogP contribution in [0.4, 0.5) is 30.7 Å². The lowest BCUT2D eigenvalue weighted by atomic mass is 10.2. The fraction of sp³-hybridized carbons (Fsp3) is 0.235. The Morgan fingerprint density at radius 3 is 2.17 bits per heavy atom. The summed E-state index contributed by atoms with van der Waals surface area (Å²) in [5.74, 6) is -5.88. The van der Waals surface area contributed by atoms with Gasteiger partial charge in [-0.25, -0.2) is 5.43 Å². The number of alkyl halides is 7. The third kappa shape index (κ3) is 5.96. The van der Waals surface area contributed by atoms with E-state index in [9.17, 15) is 30.7 Å². The highest BCUT2D eigenvalue weighted by molar-refractivity contribution is 14.1. The molecule has 0 saturated heterocycles. The zero-order valence-corrected chi connectivity index (χ0v) is 17.8. The van der Waals surface area contributed by atoms with Gasteiger partial charge in [-0.1, -0.05) is 12.1 Å².